The number of furan rings is 1. The predicted molar refractivity (Wildman–Crippen MR) is 69.5 cm³/mol. The first kappa shape index (κ1) is 12.0. The second-order valence-electron chi connectivity index (χ2n) is 5.65. The van der Waals surface area contributed by atoms with Gasteiger partial charge in [-0.05, 0) is 50.3 Å². The highest BCUT2D eigenvalue weighted by Crippen LogP contribution is 2.35. The highest BCUT2D eigenvalue weighted by molar-refractivity contribution is 5.70. The Bertz CT molecular complexity index is 410. The van der Waals surface area contributed by atoms with Crippen molar-refractivity contribution in [1.82, 2.24) is 4.90 Å². The number of carbonyl (C=O) groups is 1. The van der Waals surface area contributed by atoms with Crippen LogP contribution in [-0.2, 0) is 6.54 Å². The van der Waals surface area contributed by atoms with E-state index in [-0.39, 0.29) is 0 Å². The molecule has 1 aromatic rings. The van der Waals surface area contributed by atoms with Crippen LogP contribution < -0.4 is 0 Å². The summed E-state index contributed by atoms with van der Waals surface area (Å²) in [7, 11) is 0. The maximum atomic E-state index is 10.6. The van der Waals surface area contributed by atoms with Gasteiger partial charge in [0.1, 0.15) is 5.76 Å². The predicted octanol–water partition coefficient (Wildman–Crippen LogP) is 3.25. The number of fused-ring (bicyclic) bond motifs is 1. The fraction of sp³-hybridized carbons (Fsp3) is 0.667. The molecule has 3 rings (SSSR count). The van der Waals surface area contributed by atoms with E-state index in [2.05, 4.69) is 4.90 Å². The average Bonchev–Trinajstić information content (AvgIpc) is 2.87. The molecule has 2 aliphatic rings. The molecule has 3 heteroatoms. The highest BCUT2D eigenvalue weighted by Gasteiger charge is 2.33. The van der Waals surface area contributed by atoms with Gasteiger partial charge in [0.15, 0.2) is 12.0 Å². The van der Waals surface area contributed by atoms with Crippen molar-refractivity contribution < 1.29 is 9.21 Å². The maximum absolute atomic E-state index is 10.6. The number of rotatable bonds is 3. The summed E-state index contributed by atoms with van der Waals surface area (Å²) in [6, 6.07) is 4.46. The number of hydrogen-bond acceptors (Lipinski definition) is 3. The third kappa shape index (κ3) is 2.37. The first-order valence-electron chi connectivity index (χ1n) is 7.15. The minimum atomic E-state index is 0.446. The third-order valence-electron chi connectivity index (χ3n) is 4.52. The van der Waals surface area contributed by atoms with Crippen LogP contribution in [0.5, 0.6) is 0 Å². The van der Waals surface area contributed by atoms with Gasteiger partial charge in [0.05, 0.1) is 6.54 Å². The van der Waals surface area contributed by atoms with Gasteiger partial charge < -0.3 is 4.42 Å². The van der Waals surface area contributed by atoms with Crippen molar-refractivity contribution >= 4 is 6.29 Å². The van der Waals surface area contributed by atoms with Crippen LogP contribution in [-0.4, -0.2) is 23.8 Å². The molecule has 3 nitrogen and oxygen atoms in total. The normalized spacial score (nSPS) is 28.9. The zero-order chi connectivity index (χ0) is 12.4. The lowest BCUT2D eigenvalue weighted by Gasteiger charge is -2.43. The molecular weight excluding hydrogens is 226 g/mol. The minimum absolute atomic E-state index is 0.446. The molecule has 1 aliphatic heterocycles. The van der Waals surface area contributed by atoms with Crippen LogP contribution in [0.3, 0.4) is 0 Å². The molecule has 18 heavy (non-hydrogen) atoms. The molecule has 1 saturated carbocycles. The summed E-state index contributed by atoms with van der Waals surface area (Å²) in [5, 5.41) is 0. The third-order valence-corrected chi connectivity index (χ3v) is 4.52. The number of piperidine rings is 1. The number of nitrogens with zero attached hydrogens (tertiary/aromatic N) is 1. The molecule has 0 bridgehead atoms. The Morgan fingerprint density at radius 1 is 1.22 bits per heavy atom. The van der Waals surface area contributed by atoms with Gasteiger partial charge in [-0.15, -0.1) is 0 Å². The molecule has 0 aromatic carbocycles. The van der Waals surface area contributed by atoms with Gasteiger partial charge >= 0.3 is 0 Å². The van der Waals surface area contributed by atoms with E-state index in [1.807, 2.05) is 6.07 Å². The molecule has 2 fully saturated rings. The molecular formula is C15H21NO2. The Morgan fingerprint density at radius 3 is 2.89 bits per heavy atom. The molecule has 1 saturated heterocycles. The van der Waals surface area contributed by atoms with Crippen molar-refractivity contribution in [3.05, 3.63) is 23.7 Å². The van der Waals surface area contributed by atoms with E-state index in [9.17, 15) is 4.79 Å². The first-order chi connectivity index (χ1) is 8.86. The Hall–Kier alpha value is -1.09. The highest BCUT2D eigenvalue weighted by atomic mass is 16.3. The first-order valence-corrected chi connectivity index (χ1v) is 7.15. The Morgan fingerprint density at radius 2 is 2.06 bits per heavy atom. The van der Waals surface area contributed by atoms with Gasteiger partial charge in [-0.2, -0.15) is 0 Å². The van der Waals surface area contributed by atoms with Crippen LogP contribution in [0.25, 0.3) is 0 Å². The van der Waals surface area contributed by atoms with Gasteiger partial charge in [0.25, 0.3) is 0 Å². The van der Waals surface area contributed by atoms with Crippen molar-refractivity contribution in [2.45, 2.75) is 51.1 Å². The molecule has 1 aliphatic carbocycles. The van der Waals surface area contributed by atoms with Gasteiger partial charge in [0, 0.05) is 6.04 Å². The maximum Gasteiger partial charge on any atom is 0.185 e. The smallest absolute Gasteiger partial charge is 0.185 e. The largest absolute Gasteiger partial charge is 0.457 e. The van der Waals surface area contributed by atoms with Crippen molar-refractivity contribution in [2.75, 3.05) is 6.54 Å². The standard InChI is InChI=1S/C15H21NO2/c17-11-14-8-7-13(18-14)10-16-9-3-5-12-4-1-2-6-15(12)16/h7-8,11-12,15H,1-6,9-10H2/t12-,15-/m1/s1. The molecule has 0 N–H and O–H groups in total. The molecule has 2 heterocycles. The Balaban J connectivity index is 1.68. The lowest BCUT2D eigenvalue weighted by molar-refractivity contribution is 0.0492. The van der Waals surface area contributed by atoms with Crippen LogP contribution in [0.2, 0.25) is 0 Å². The van der Waals surface area contributed by atoms with Crippen LogP contribution in [0.15, 0.2) is 16.5 Å². The van der Waals surface area contributed by atoms with E-state index in [1.165, 1.54) is 45.1 Å². The van der Waals surface area contributed by atoms with Crippen LogP contribution in [0.4, 0.5) is 0 Å². The molecule has 1 aromatic heterocycles. The topological polar surface area (TPSA) is 33.5 Å². The van der Waals surface area contributed by atoms with Crippen LogP contribution in [0.1, 0.15) is 54.8 Å². The van der Waals surface area contributed by atoms with Gasteiger partial charge in [-0.3, -0.25) is 9.69 Å². The lowest BCUT2D eigenvalue weighted by Crippen LogP contribution is -2.46. The summed E-state index contributed by atoms with van der Waals surface area (Å²) in [5.41, 5.74) is 0. The molecule has 2 atom stereocenters. The number of likely N-dealkylation sites (tertiary alicyclic amines) is 1. The van der Waals surface area contributed by atoms with E-state index < -0.39 is 0 Å². The van der Waals surface area contributed by atoms with Crippen LogP contribution in [0, 0.1) is 5.92 Å². The Labute approximate surface area is 108 Å². The second-order valence-corrected chi connectivity index (χ2v) is 5.65. The van der Waals surface area contributed by atoms with E-state index >= 15 is 0 Å². The summed E-state index contributed by atoms with van der Waals surface area (Å²) in [6.07, 6.45) is 9.01. The zero-order valence-corrected chi connectivity index (χ0v) is 10.8. The molecule has 98 valence electrons. The zero-order valence-electron chi connectivity index (χ0n) is 10.8. The van der Waals surface area contributed by atoms with E-state index in [0.29, 0.717) is 5.76 Å². The number of aldehydes is 1. The van der Waals surface area contributed by atoms with Gasteiger partial charge in [-0.1, -0.05) is 12.8 Å². The summed E-state index contributed by atoms with van der Waals surface area (Å²) in [4.78, 5) is 13.2. The van der Waals surface area contributed by atoms with Crippen molar-refractivity contribution in [3.8, 4) is 0 Å². The summed E-state index contributed by atoms with van der Waals surface area (Å²) < 4.78 is 5.51. The lowest BCUT2D eigenvalue weighted by atomic mass is 9.78. The average molecular weight is 247 g/mol. The fourth-order valence-electron chi connectivity index (χ4n) is 3.67. The minimum Gasteiger partial charge on any atom is -0.457 e. The quantitative estimate of drug-likeness (QED) is 0.769. The van der Waals surface area contributed by atoms with E-state index in [1.54, 1.807) is 6.07 Å². The number of hydrogen-bond donors (Lipinski definition) is 0. The van der Waals surface area contributed by atoms with Crippen molar-refractivity contribution in [2.24, 2.45) is 5.92 Å². The number of carbonyl (C=O) groups excluding carboxylic acids is 1. The molecule has 0 spiro atoms. The van der Waals surface area contributed by atoms with Gasteiger partial charge in [0.2, 0.25) is 0 Å². The summed E-state index contributed by atoms with van der Waals surface area (Å²) >= 11 is 0. The molecule has 0 amide bonds. The second kappa shape index (κ2) is 5.27. The fourth-order valence-corrected chi connectivity index (χ4v) is 3.67. The van der Waals surface area contributed by atoms with E-state index in [0.717, 1.165) is 30.6 Å². The molecule has 0 unspecified atom stereocenters. The Kier molecular flexibility index (Phi) is 3.50. The van der Waals surface area contributed by atoms with Crippen LogP contribution >= 0.6 is 0 Å². The van der Waals surface area contributed by atoms with E-state index in [4.69, 9.17) is 4.42 Å². The molecule has 0 radical (unpaired) electrons. The monoisotopic (exact) mass is 247 g/mol. The van der Waals surface area contributed by atoms with Gasteiger partial charge in [-0.25, -0.2) is 0 Å². The summed E-state index contributed by atoms with van der Waals surface area (Å²) in [6.45, 7) is 2.05. The summed E-state index contributed by atoms with van der Waals surface area (Å²) in [5.74, 6) is 2.28. The van der Waals surface area contributed by atoms with Crippen molar-refractivity contribution in [3.63, 3.8) is 0 Å². The SMILES string of the molecule is O=Cc1ccc(CN2CCC[C@H]3CCCC[C@H]32)o1. The van der Waals surface area contributed by atoms with Crippen molar-refractivity contribution in [1.29, 1.82) is 0 Å².